The summed E-state index contributed by atoms with van der Waals surface area (Å²) >= 11 is 0. The number of hydrogen-bond donors (Lipinski definition) is 1. The quantitative estimate of drug-likeness (QED) is 0.589. The van der Waals surface area contributed by atoms with Gasteiger partial charge in [0.25, 0.3) is 0 Å². The average Bonchev–Trinajstić information content (AvgIpc) is 2.84. The van der Waals surface area contributed by atoms with Crippen LogP contribution in [0.15, 0.2) is 48.5 Å². The smallest absolute Gasteiger partial charge is 0.333 e. The fraction of sp³-hybridized carbons (Fsp3) is 0.423. The SMILES string of the molecule is Bc1cccc(CN2C[C@H]3N(C(=O)CN(C)N3C(=O)NCc3ccc(F)cc3)[C@@H](CCCC)C2=O)c1. The van der Waals surface area contributed by atoms with Gasteiger partial charge in [0.2, 0.25) is 11.8 Å². The minimum absolute atomic E-state index is 0.00819. The molecule has 10 heteroatoms. The van der Waals surface area contributed by atoms with Crippen LogP contribution in [0.1, 0.15) is 37.3 Å². The summed E-state index contributed by atoms with van der Waals surface area (Å²) in [7, 11) is 3.71. The van der Waals surface area contributed by atoms with Crippen LogP contribution in [-0.4, -0.2) is 77.9 Å². The molecule has 8 nitrogen and oxygen atoms in total. The van der Waals surface area contributed by atoms with E-state index in [9.17, 15) is 18.8 Å². The van der Waals surface area contributed by atoms with Crippen LogP contribution in [0, 0.1) is 5.82 Å². The lowest BCUT2D eigenvalue weighted by Gasteiger charge is -2.54. The Hall–Kier alpha value is -3.40. The van der Waals surface area contributed by atoms with Gasteiger partial charge in [-0.1, -0.05) is 61.6 Å². The van der Waals surface area contributed by atoms with E-state index in [2.05, 4.69) is 12.2 Å². The van der Waals surface area contributed by atoms with E-state index in [4.69, 9.17) is 0 Å². The highest BCUT2D eigenvalue weighted by atomic mass is 19.1. The molecular weight excluding hydrogens is 460 g/mol. The van der Waals surface area contributed by atoms with Crippen LogP contribution in [0.2, 0.25) is 0 Å². The number of piperazine rings is 1. The topological polar surface area (TPSA) is 76.2 Å². The second-order valence-corrected chi connectivity index (χ2v) is 9.59. The zero-order valence-electron chi connectivity index (χ0n) is 21.1. The summed E-state index contributed by atoms with van der Waals surface area (Å²) in [5.74, 6) is -0.575. The molecule has 0 unspecified atom stereocenters. The number of likely N-dealkylation sites (N-methyl/N-ethyl adjacent to an activating group) is 1. The van der Waals surface area contributed by atoms with E-state index in [1.807, 2.05) is 32.1 Å². The molecule has 1 N–H and O–H groups in total. The fourth-order valence-electron chi connectivity index (χ4n) is 5.01. The van der Waals surface area contributed by atoms with E-state index >= 15 is 0 Å². The van der Waals surface area contributed by atoms with E-state index in [0.29, 0.717) is 13.0 Å². The summed E-state index contributed by atoms with van der Waals surface area (Å²) in [6, 6.07) is 13.0. The Morgan fingerprint density at radius 1 is 1.14 bits per heavy atom. The molecule has 2 fully saturated rings. The average molecular weight is 493 g/mol. The number of nitrogens with one attached hydrogen (secondary N) is 1. The van der Waals surface area contributed by atoms with Gasteiger partial charge >= 0.3 is 6.03 Å². The molecule has 0 bridgehead atoms. The first-order chi connectivity index (χ1) is 17.3. The fourth-order valence-corrected chi connectivity index (χ4v) is 5.01. The zero-order chi connectivity index (χ0) is 25.8. The number of benzene rings is 2. The standard InChI is InChI=1S/C26H33BFN5O3/c1-3-4-8-22-25(35)31(15-19-6-5-7-20(27)13-19)16-23-32(22)24(34)17-30(2)33(23)26(36)29-14-18-9-11-21(28)12-10-18/h5-7,9-13,22-23H,3-4,8,14-17,27H2,1-2H3,(H,29,36)/t22-,23-/m0/s1. The lowest BCUT2D eigenvalue weighted by atomic mass is 9.94. The summed E-state index contributed by atoms with van der Waals surface area (Å²) in [4.78, 5) is 43.5. The highest BCUT2D eigenvalue weighted by molar-refractivity contribution is 6.32. The third kappa shape index (κ3) is 5.54. The number of hydrogen-bond acceptors (Lipinski definition) is 4. The first-order valence-electron chi connectivity index (χ1n) is 12.5. The summed E-state index contributed by atoms with van der Waals surface area (Å²) in [5.41, 5.74) is 2.88. The highest BCUT2D eigenvalue weighted by Crippen LogP contribution is 2.29. The number of unbranched alkanes of at least 4 members (excludes halogenated alkanes) is 1. The maximum Gasteiger partial charge on any atom is 0.334 e. The molecule has 4 rings (SSSR count). The third-order valence-electron chi connectivity index (χ3n) is 6.79. The van der Waals surface area contributed by atoms with Crippen molar-refractivity contribution >= 4 is 31.2 Å². The lowest BCUT2D eigenvalue weighted by Crippen LogP contribution is -2.75. The molecule has 0 saturated carbocycles. The Morgan fingerprint density at radius 3 is 2.58 bits per heavy atom. The number of carbonyl (C=O) groups is 3. The van der Waals surface area contributed by atoms with Gasteiger partial charge in [-0.2, -0.15) is 0 Å². The van der Waals surface area contributed by atoms with Crippen molar-refractivity contribution in [1.82, 2.24) is 25.1 Å². The predicted octanol–water partition coefficient (Wildman–Crippen LogP) is 1.21. The van der Waals surface area contributed by atoms with Crippen LogP contribution in [-0.2, 0) is 22.7 Å². The van der Waals surface area contributed by atoms with Gasteiger partial charge in [0.05, 0.1) is 13.1 Å². The molecule has 36 heavy (non-hydrogen) atoms. The van der Waals surface area contributed by atoms with Crippen LogP contribution in [0.25, 0.3) is 0 Å². The largest absolute Gasteiger partial charge is 0.334 e. The number of urea groups is 1. The first kappa shape index (κ1) is 25.7. The van der Waals surface area contributed by atoms with Crippen molar-refractivity contribution in [3.63, 3.8) is 0 Å². The van der Waals surface area contributed by atoms with Gasteiger partial charge in [-0.05, 0) is 29.7 Å². The van der Waals surface area contributed by atoms with E-state index in [0.717, 1.165) is 29.4 Å². The van der Waals surface area contributed by atoms with Crippen LogP contribution < -0.4 is 10.8 Å². The van der Waals surface area contributed by atoms with Crippen molar-refractivity contribution in [1.29, 1.82) is 0 Å². The van der Waals surface area contributed by atoms with Gasteiger partial charge < -0.3 is 15.1 Å². The Labute approximate surface area is 212 Å². The molecule has 2 aliphatic heterocycles. The summed E-state index contributed by atoms with van der Waals surface area (Å²) in [5, 5.41) is 6.04. The third-order valence-corrected chi connectivity index (χ3v) is 6.79. The van der Waals surface area contributed by atoms with Gasteiger partial charge in [0.1, 0.15) is 25.9 Å². The second-order valence-electron chi connectivity index (χ2n) is 9.59. The number of nitrogens with zero attached hydrogens (tertiary/aromatic N) is 4. The number of carbonyl (C=O) groups excluding carboxylic acids is 3. The minimum Gasteiger partial charge on any atom is -0.333 e. The Balaban J connectivity index is 1.59. The van der Waals surface area contributed by atoms with Crippen molar-refractivity contribution in [3.05, 3.63) is 65.5 Å². The van der Waals surface area contributed by atoms with Crippen LogP contribution in [0.4, 0.5) is 9.18 Å². The Bertz CT molecular complexity index is 1120. The van der Waals surface area contributed by atoms with E-state index in [1.165, 1.54) is 12.1 Å². The molecule has 0 radical (unpaired) electrons. The van der Waals surface area contributed by atoms with Crippen molar-refractivity contribution < 1.29 is 18.8 Å². The second kappa shape index (κ2) is 11.1. The number of halogens is 1. The number of amides is 4. The molecule has 0 aromatic heterocycles. The van der Waals surface area contributed by atoms with Crippen molar-refractivity contribution in [2.75, 3.05) is 20.1 Å². The van der Waals surface area contributed by atoms with E-state index in [-0.39, 0.29) is 43.3 Å². The molecule has 2 heterocycles. The maximum atomic E-state index is 13.6. The highest BCUT2D eigenvalue weighted by Gasteiger charge is 2.50. The maximum absolute atomic E-state index is 13.6. The molecule has 190 valence electrons. The molecule has 2 saturated heterocycles. The van der Waals surface area contributed by atoms with Gasteiger partial charge in [0, 0.05) is 20.1 Å². The van der Waals surface area contributed by atoms with Gasteiger partial charge in [-0.3, -0.25) is 9.59 Å². The van der Waals surface area contributed by atoms with Crippen LogP contribution in [0.3, 0.4) is 0 Å². The molecule has 0 aliphatic carbocycles. The summed E-state index contributed by atoms with van der Waals surface area (Å²) in [6.45, 7) is 2.91. The van der Waals surface area contributed by atoms with Crippen LogP contribution >= 0.6 is 0 Å². The molecule has 2 aromatic carbocycles. The van der Waals surface area contributed by atoms with Gasteiger partial charge in [-0.25, -0.2) is 19.2 Å². The number of hydrazine groups is 1. The van der Waals surface area contributed by atoms with Crippen molar-refractivity contribution in [2.24, 2.45) is 0 Å². The monoisotopic (exact) mass is 493 g/mol. The molecule has 2 aromatic rings. The van der Waals surface area contributed by atoms with Crippen molar-refractivity contribution in [3.8, 4) is 0 Å². The van der Waals surface area contributed by atoms with E-state index in [1.54, 1.807) is 39.0 Å². The molecule has 0 spiro atoms. The number of fused-ring (bicyclic) bond motifs is 1. The Morgan fingerprint density at radius 2 is 1.89 bits per heavy atom. The first-order valence-corrected chi connectivity index (χ1v) is 12.5. The van der Waals surface area contributed by atoms with Gasteiger partial charge in [-0.15, -0.1) is 0 Å². The normalized spacial score (nSPS) is 20.5. The minimum atomic E-state index is -0.617. The molecule has 2 atom stereocenters. The number of rotatable bonds is 7. The van der Waals surface area contributed by atoms with Gasteiger partial charge in [0.15, 0.2) is 0 Å². The predicted molar refractivity (Wildman–Crippen MR) is 137 cm³/mol. The molecule has 2 aliphatic rings. The van der Waals surface area contributed by atoms with Crippen LogP contribution in [0.5, 0.6) is 0 Å². The molecular formula is C26H33BFN5O3. The van der Waals surface area contributed by atoms with Crippen molar-refractivity contribution in [2.45, 2.75) is 51.5 Å². The summed E-state index contributed by atoms with van der Waals surface area (Å²) < 4.78 is 13.2. The summed E-state index contributed by atoms with van der Waals surface area (Å²) in [6.07, 6.45) is 1.64. The molecule has 4 amide bonds. The zero-order valence-corrected chi connectivity index (χ0v) is 21.1. The lowest BCUT2D eigenvalue weighted by molar-refractivity contribution is -0.188. The Kier molecular flexibility index (Phi) is 7.93. The van der Waals surface area contributed by atoms with E-state index < -0.39 is 12.2 Å².